The van der Waals surface area contributed by atoms with Gasteiger partial charge in [-0.25, -0.2) is 0 Å². The molecule has 1 aliphatic heterocycles. The van der Waals surface area contributed by atoms with E-state index in [9.17, 15) is 4.79 Å². The first-order chi connectivity index (χ1) is 10.7. The van der Waals surface area contributed by atoms with Crippen molar-refractivity contribution in [3.63, 3.8) is 0 Å². The molecule has 0 aromatic heterocycles. The van der Waals surface area contributed by atoms with Crippen LogP contribution < -0.4 is 0 Å². The van der Waals surface area contributed by atoms with Crippen molar-refractivity contribution in [2.45, 2.75) is 83.5 Å². The van der Waals surface area contributed by atoms with Crippen LogP contribution in [0.15, 0.2) is 0 Å². The first-order valence-electron chi connectivity index (χ1n) is 9.72. The molecule has 1 fully saturated rings. The molecule has 0 unspecified atom stereocenters. The average Bonchev–Trinajstić information content (AvgIpc) is 2.96. The van der Waals surface area contributed by atoms with Crippen LogP contribution in [-0.4, -0.2) is 37.9 Å². The van der Waals surface area contributed by atoms with Crippen molar-refractivity contribution in [2.75, 3.05) is 13.2 Å². The number of carbonyl (C=O) groups excluding carboxylic acids is 1. The van der Waals surface area contributed by atoms with E-state index in [-0.39, 0.29) is 0 Å². The zero-order valence-electron chi connectivity index (χ0n) is 15.2. The monoisotopic (exact) mass is 418 g/mol. The molecule has 0 radical (unpaired) electrons. The molecule has 1 heterocycles. The Labute approximate surface area is 142 Å². The number of hydrogen-bond acceptors (Lipinski definition) is 2. The Morgan fingerprint density at radius 3 is 1.86 bits per heavy atom. The van der Waals surface area contributed by atoms with Crippen LogP contribution in [0.1, 0.15) is 65.7 Å². The number of rotatable bonds is 13. The van der Waals surface area contributed by atoms with Crippen molar-refractivity contribution in [3.05, 3.63) is 0 Å². The van der Waals surface area contributed by atoms with Gasteiger partial charge in [0.15, 0.2) is 0 Å². The molecule has 1 saturated heterocycles. The van der Waals surface area contributed by atoms with Crippen LogP contribution >= 0.6 is 0 Å². The topological polar surface area (TPSA) is 26.3 Å². The number of aldehydes is 1. The third kappa shape index (κ3) is 6.90. The van der Waals surface area contributed by atoms with Gasteiger partial charge in [0.1, 0.15) is 0 Å². The zero-order valence-corrected chi connectivity index (χ0v) is 18.1. The normalized spacial score (nSPS) is 22.1. The first kappa shape index (κ1) is 20.5. The number of ether oxygens (including phenoxy) is 1. The molecular weight excluding hydrogens is 379 g/mol. The van der Waals surface area contributed by atoms with E-state index < -0.39 is 18.4 Å². The van der Waals surface area contributed by atoms with E-state index in [4.69, 9.17) is 4.74 Å². The Morgan fingerprint density at radius 2 is 1.41 bits per heavy atom. The van der Waals surface area contributed by atoms with Gasteiger partial charge >= 0.3 is 143 Å². The molecule has 0 saturated carbocycles. The summed E-state index contributed by atoms with van der Waals surface area (Å²) in [7, 11) is 0. The van der Waals surface area contributed by atoms with E-state index in [0.29, 0.717) is 11.8 Å². The van der Waals surface area contributed by atoms with Crippen LogP contribution in [0, 0.1) is 11.8 Å². The van der Waals surface area contributed by atoms with Crippen molar-refractivity contribution in [3.8, 4) is 0 Å². The Morgan fingerprint density at radius 1 is 0.909 bits per heavy atom. The predicted octanol–water partition coefficient (Wildman–Crippen LogP) is 5.69. The van der Waals surface area contributed by atoms with Gasteiger partial charge < -0.3 is 0 Å². The Bertz CT molecular complexity index is 271. The fourth-order valence-electron chi connectivity index (χ4n) is 4.15. The van der Waals surface area contributed by atoms with E-state index in [2.05, 4.69) is 20.8 Å². The van der Waals surface area contributed by atoms with Crippen LogP contribution in [0.5, 0.6) is 0 Å². The maximum absolute atomic E-state index is 10.9. The SMILES string of the molecule is CCC[CH2][Sn]([CH2]CCC)([CH2]CCC)[CH2][C@@H]1COC[C@@H]1CC=O. The molecular formula is C19H38O2Sn. The zero-order chi connectivity index (χ0) is 16.3. The molecule has 1 aliphatic rings. The second kappa shape index (κ2) is 11.9. The van der Waals surface area contributed by atoms with Crippen molar-refractivity contribution in [1.82, 2.24) is 0 Å². The fourth-order valence-corrected chi connectivity index (χ4v) is 21.9. The third-order valence-corrected chi connectivity index (χ3v) is 21.7. The van der Waals surface area contributed by atoms with Crippen molar-refractivity contribution < 1.29 is 9.53 Å². The standard InChI is InChI=1S/C7H11O2.3C4H9.Sn/c1-6-4-9-5-7(6)2-3-8;3*1-3-4-2;/h3,6-7H,1-2,4-5H2;3*1,3-4H2,2H3;/t6-,7+;;;;/m1..../s1. The average molecular weight is 417 g/mol. The van der Waals surface area contributed by atoms with Crippen LogP contribution in [0.4, 0.5) is 0 Å². The van der Waals surface area contributed by atoms with Crippen molar-refractivity contribution >= 4 is 24.7 Å². The summed E-state index contributed by atoms with van der Waals surface area (Å²) in [6, 6.07) is 0. The summed E-state index contributed by atoms with van der Waals surface area (Å²) in [4.78, 5) is 10.9. The number of unbranched alkanes of at least 4 members (excludes halogenated alkanes) is 3. The molecule has 1 rings (SSSR count). The van der Waals surface area contributed by atoms with Gasteiger partial charge in [-0.2, -0.15) is 0 Å². The number of carbonyl (C=O) groups is 1. The minimum atomic E-state index is -2.06. The van der Waals surface area contributed by atoms with E-state index in [1.165, 1.54) is 43.0 Å². The van der Waals surface area contributed by atoms with Gasteiger partial charge in [0.2, 0.25) is 0 Å². The van der Waals surface area contributed by atoms with E-state index >= 15 is 0 Å². The van der Waals surface area contributed by atoms with Gasteiger partial charge in [0, 0.05) is 0 Å². The van der Waals surface area contributed by atoms with Crippen LogP contribution in [0.3, 0.4) is 0 Å². The summed E-state index contributed by atoms with van der Waals surface area (Å²) >= 11 is -2.06. The molecule has 22 heavy (non-hydrogen) atoms. The molecule has 0 aromatic carbocycles. The molecule has 0 spiro atoms. The first-order valence-corrected chi connectivity index (χ1v) is 17.8. The van der Waals surface area contributed by atoms with Gasteiger partial charge in [-0.1, -0.05) is 0 Å². The molecule has 3 heteroatoms. The summed E-state index contributed by atoms with van der Waals surface area (Å²) in [5, 5.41) is 0. The van der Waals surface area contributed by atoms with E-state index in [1.54, 1.807) is 13.3 Å². The second-order valence-corrected chi connectivity index (χ2v) is 21.5. The molecule has 0 aliphatic carbocycles. The van der Waals surface area contributed by atoms with Gasteiger partial charge in [0.25, 0.3) is 0 Å². The fraction of sp³-hybridized carbons (Fsp3) is 0.947. The maximum atomic E-state index is 10.9. The summed E-state index contributed by atoms with van der Waals surface area (Å²) in [6.07, 6.45) is 10.2. The van der Waals surface area contributed by atoms with Gasteiger partial charge in [-0.3, -0.25) is 0 Å². The van der Waals surface area contributed by atoms with Crippen LogP contribution in [-0.2, 0) is 9.53 Å². The minimum absolute atomic E-state index is 0.526. The Hall–Kier alpha value is 0.429. The van der Waals surface area contributed by atoms with Gasteiger partial charge in [-0.05, 0) is 0 Å². The van der Waals surface area contributed by atoms with Crippen LogP contribution in [0.2, 0.25) is 17.7 Å². The van der Waals surface area contributed by atoms with Crippen molar-refractivity contribution in [1.29, 1.82) is 0 Å². The Kier molecular flexibility index (Phi) is 11.1. The van der Waals surface area contributed by atoms with E-state index in [0.717, 1.165) is 25.9 Å². The summed E-state index contributed by atoms with van der Waals surface area (Å²) in [5.41, 5.74) is 0. The summed E-state index contributed by atoms with van der Waals surface area (Å²) in [6.45, 7) is 8.78. The molecule has 0 amide bonds. The number of hydrogen-bond donors (Lipinski definition) is 0. The summed E-state index contributed by atoms with van der Waals surface area (Å²) < 4.78 is 12.0. The predicted molar refractivity (Wildman–Crippen MR) is 98.2 cm³/mol. The third-order valence-electron chi connectivity index (χ3n) is 5.61. The van der Waals surface area contributed by atoms with Crippen LogP contribution in [0.25, 0.3) is 0 Å². The van der Waals surface area contributed by atoms with Crippen molar-refractivity contribution in [2.24, 2.45) is 11.8 Å². The molecule has 0 aromatic rings. The van der Waals surface area contributed by atoms with Gasteiger partial charge in [0.05, 0.1) is 0 Å². The summed E-state index contributed by atoms with van der Waals surface area (Å²) in [5.74, 6) is 1.23. The van der Waals surface area contributed by atoms with Gasteiger partial charge in [-0.15, -0.1) is 0 Å². The Balaban J connectivity index is 2.76. The molecule has 2 atom stereocenters. The van der Waals surface area contributed by atoms with E-state index in [1.807, 2.05) is 0 Å². The molecule has 0 bridgehead atoms. The molecule has 0 N–H and O–H groups in total. The molecule has 2 nitrogen and oxygen atoms in total. The molecule has 130 valence electrons. The second-order valence-electron chi connectivity index (χ2n) is 7.47. The quantitative estimate of drug-likeness (QED) is 0.285.